The number of morpholine rings is 1. The molecule has 3 N–H and O–H groups in total. The van der Waals surface area contributed by atoms with Gasteiger partial charge in [0.25, 0.3) is 0 Å². The molecule has 2 aliphatic rings. The molecule has 0 unspecified atom stereocenters. The fourth-order valence-corrected chi connectivity index (χ4v) is 3.25. The van der Waals surface area contributed by atoms with Gasteiger partial charge in [0.2, 0.25) is 0 Å². The molecular formula is C17H35N5O. The van der Waals surface area contributed by atoms with Crippen LogP contribution in [0.4, 0.5) is 0 Å². The van der Waals surface area contributed by atoms with Crippen LogP contribution < -0.4 is 11.1 Å². The predicted molar refractivity (Wildman–Crippen MR) is 95.9 cm³/mol. The molecule has 134 valence electrons. The van der Waals surface area contributed by atoms with Gasteiger partial charge in [-0.3, -0.25) is 9.89 Å². The molecule has 2 saturated heterocycles. The van der Waals surface area contributed by atoms with Gasteiger partial charge in [-0.2, -0.15) is 0 Å². The Morgan fingerprint density at radius 2 is 1.57 bits per heavy atom. The molecule has 0 amide bonds. The first-order valence-corrected chi connectivity index (χ1v) is 9.41. The van der Waals surface area contributed by atoms with Crippen molar-refractivity contribution in [3.63, 3.8) is 0 Å². The third kappa shape index (κ3) is 8.53. The molecular weight excluding hydrogens is 290 g/mol. The first-order valence-electron chi connectivity index (χ1n) is 9.41. The van der Waals surface area contributed by atoms with Gasteiger partial charge in [0, 0.05) is 26.2 Å². The second-order valence-electron chi connectivity index (χ2n) is 6.61. The molecule has 23 heavy (non-hydrogen) atoms. The maximum atomic E-state index is 5.93. The minimum atomic E-state index is 0.600. The molecule has 0 aromatic heterocycles. The van der Waals surface area contributed by atoms with Crippen LogP contribution in [0.5, 0.6) is 0 Å². The highest BCUT2D eigenvalue weighted by Gasteiger charge is 2.09. The third-order valence-corrected chi connectivity index (χ3v) is 4.67. The lowest BCUT2D eigenvalue weighted by atomic mass is 10.2. The van der Waals surface area contributed by atoms with E-state index >= 15 is 0 Å². The number of hydrogen-bond donors (Lipinski definition) is 2. The van der Waals surface area contributed by atoms with Crippen molar-refractivity contribution in [2.24, 2.45) is 10.7 Å². The summed E-state index contributed by atoms with van der Waals surface area (Å²) >= 11 is 0. The van der Waals surface area contributed by atoms with Gasteiger partial charge in [0.1, 0.15) is 0 Å². The summed E-state index contributed by atoms with van der Waals surface area (Å²) in [6.45, 7) is 10.4. The molecule has 0 atom stereocenters. The van der Waals surface area contributed by atoms with E-state index in [2.05, 4.69) is 20.1 Å². The lowest BCUT2D eigenvalue weighted by molar-refractivity contribution is 0.0376. The Kier molecular flexibility index (Phi) is 9.36. The maximum absolute atomic E-state index is 5.93. The summed E-state index contributed by atoms with van der Waals surface area (Å²) in [5.41, 5.74) is 5.93. The van der Waals surface area contributed by atoms with E-state index in [1.54, 1.807) is 0 Å². The van der Waals surface area contributed by atoms with Crippen molar-refractivity contribution in [3.8, 4) is 0 Å². The van der Waals surface area contributed by atoms with Crippen LogP contribution in [-0.2, 0) is 4.74 Å². The van der Waals surface area contributed by atoms with Gasteiger partial charge in [0.15, 0.2) is 5.96 Å². The van der Waals surface area contributed by atoms with Gasteiger partial charge in [-0.15, -0.1) is 0 Å². The summed E-state index contributed by atoms with van der Waals surface area (Å²) in [5, 5.41) is 3.23. The Morgan fingerprint density at radius 3 is 2.30 bits per heavy atom. The van der Waals surface area contributed by atoms with Crippen molar-refractivity contribution < 1.29 is 4.74 Å². The quantitative estimate of drug-likeness (QED) is 0.394. The smallest absolute Gasteiger partial charge is 0.188 e. The second-order valence-corrected chi connectivity index (χ2v) is 6.61. The highest BCUT2D eigenvalue weighted by Crippen LogP contribution is 2.09. The van der Waals surface area contributed by atoms with E-state index < -0.39 is 0 Å². The number of likely N-dealkylation sites (tertiary alicyclic amines) is 1. The van der Waals surface area contributed by atoms with Crippen molar-refractivity contribution in [2.45, 2.75) is 38.5 Å². The van der Waals surface area contributed by atoms with Crippen LogP contribution in [0.25, 0.3) is 0 Å². The SMILES string of the molecule is NC(=NCCCN1CCCCCC1)NCCCN1CCOCC1. The van der Waals surface area contributed by atoms with Crippen LogP contribution in [0.2, 0.25) is 0 Å². The van der Waals surface area contributed by atoms with Crippen molar-refractivity contribution in [3.05, 3.63) is 0 Å². The Balaban J connectivity index is 1.46. The molecule has 0 aromatic rings. The van der Waals surface area contributed by atoms with Crippen molar-refractivity contribution in [1.82, 2.24) is 15.1 Å². The molecule has 6 nitrogen and oxygen atoms in total. The number of guanidine groups is 1. The normalized spacial score (nSPS) is 22.0. The van der Waals surface area contributed by atoms with E-state index in [9.17, 15) is 0 Å². The molecule has 0 aromatic carbocycles. The van der Waals surface area contributed by atoms with Gasteiger partial charge in [-0.25, -0.2) is 0 Å². The van der Waals surface area contributed by atoms with E-state index in [0.29, 0.717) is 5.96 Å². The number of hydrogen-bond acceptors (Lipinski definition) is 4. The molecule has 0 spiro atoms. The number of nitrogens with one attached hydrogen (secondary N) is 1. The molecule has 2 heterocycles. The zero-order valence-electron chi connectivity index (χ0n) is 14.6. The van der Waals surface area contributed by atoms with Crippen molar-refractivity contribution in [2.75, 3.05) is 65.6 Å². The molecule has 2 rings (SSSR count). The van der Waals surface area contributed by atoms with Crippen molar-refractivity contribution >= 4 is 5.96 Å². The number of nitrogens with two attached hydrogens (primary N) is 1. The summed E-state index contributed by atoms with van der Waals surface area (Å²) < 4.78 is 5.35. The molecule has 0 radical (unpaired) electrons. The van der Waals surface area contributed by atoms with Gasteiger partial charge in [-0.05, 0) is 51.9 Å². The van der Waals surface area contributed by atoms with E-state index in [1.807, 2.05) is 0 Å². The second kappa shape index (κ2) is 11.6. The molecule has 0 aliphatic carbocycles. The molecule has 0 saturated carbocycles. The third-order valence-electron chi connectivity index (χ3n) is 4.67. The minimum absolute atomic E-state index is 0.600. The largest absolute Gasteiger partial charge is 0.379 e. The summed E-state index contributed by atoms with van der Waals surface area (Å²) in [6, 6.07) is 0. The summed E-state index contributed by atoms with van der Waals surface area (Å²) in [5.74, 6) is 0.600. The fourth-order valence-electron chi connectivity index (χ4n) is 3.25. The Labute approximate surface area is 141 Å². The molecule has 6 heteroatoms. The molecule has 2 aliphatic heterocycles. The number of rotatable bonds is 8. The number of aliphatic imine (C=N–C) groups is 1. The molecule has 2 fully saturated rings. The zero-order valence-corrected chi connectivity index (χ0v) is 14.6. The van der Waals surface area contributed by atoms with E-state index in [-0.39, 0.29) is 0 Å². The van der Waals surface area contributed by atoms with Crippen LogP contribution in [0, 0.1) is 0 Å². The standard InChI is InChI=1S/C17H35N5O/c18-17(20-8-6-12-22-13-15-23-16-14-22)19-7-5-11-21-9-3-1-2-4-10-21/h1-16H2,(H3,18,19,20). The van der Waals surface area contributed by atoms with Crippen LogP contribution in [-0.4, -0.2) is 81.3 Å². The first kappa shape index (κ1) is 18.5. The topological polar surface area (TPSA) is 66.1 Å². The minimum Gasteiger partial charge on any atom is -0.379 e. The van der Waals surface area contributed by atoms with Crippen LogP contribution in [0.3, 0.4) is 0 Å². The zero-order chi connectivity index (χ0) is 16.2. The van der Waals surface area contributed by atoms with Gasteiger partial charge >= 0.3 is 0 Å². The van der Waals surface area contributed by atoms with Crippen LogP contribution >= 0.6 is 0 Å². The summed E-state index contributed by atoms with van der Waals surface area (Å²) in [6.07, 6.45) is 7.72. The Hall–Kier alpha value is -0.850. The van der Waals surface area contributed by atoms with Crippen LogP contribution in [0.15, 0.2) is 4.99 Å². The number of nitrogens with zero attached hydrogens (tertiary/aromatic N) is 3. The lowest BCUT2D eigenvalue weighted by Crippen LogP contribution is -2.39. The fraction of sp³-hybridized carbons (Fsp3) is 0.941. The van der Waals surface area contributed by atoms with E-state index in [0.717, 1.165) is 65.3 Å². The Morgan fingerprint density at radius 1 is 0.913 bits per heavy atom. The number of ether oxygens (including phenoxy) is 1. The summed E-state index contributed by atoms with van der Waals surface area (Å²) in [7, 11) is 0. The average Bonchev–Trinajstić information content (AvgIpc) is 2.85. The Bertz CT molecular complexity index is 323. The highest BCUT2D eigenvalue weighted by molar-refractivity contribution is 5.77. The highest BCUT2D eigenvalue weighted by atomic mass is 16.5. The van der Waals surface area contributed by atoms with Crippen LogP contribution in [0.1, 0.15) is 38.5 Å². The maximum Gasteiger partial charge on any atom is 0.188 e. The lowest BCUT2D eigenvalue weighted by Gasteiger charge is -2.26. The predicted octanol–water partition coefficient (Wildman–Crippen LogP) is 0.879. The monoisotopic (exact) mass is 325 g/mol. The average molecular weight is 326 g/mol. The van der Waals surface area contributed by atoms with Gasteiger partial charge in [-0.1, -0.05) is 12.8 Å². The van der Waals surface area contributed by atoms with E-state index in [4.69, 9.17) is 10.5 Å². The van der Waals surface area contributed by atoms with Crippen molar-refractivity contribution in [1.29, 1.82) is 0 Å². The first-order chi connectivity index (χ1) is 11.3. The summed E-state index contributed by atoms with van der Waals surface area (Å²) in [4.78, 5) is 9.46. The van der Waals surface area contributed by atoms with Gasteiger partial charge in [0.05, 0.1) is 13.2 Å². The van der Waals surface area contributed by atoms with Gasteiger partial charge < -0.3 is 20.7 Å². The molecule has 0 bridgehead atoms. The van der Waals surface area contributed by atoms with E-state index in [1.165, 1.54) is 38.8 Å².